The van der Waals surface area contributed by atoms with E-state index in [1.54, 1.807) is 37.3 Å². The van der Waals surface area contributed by atoms with E-state index in [1.165, 1.54) is 54.2 Å². The molecule has 32 heavy (non-hydrogen) atoms. The van der Waals surface area contributed by atoms with Gasteiger partial charge in [-0.1, -0.05) is 18.2 Å². The van der Waals surface area contributed by atoms with Crippen LogP contribution in [0.2, 0.25) is 0 Å². The molecule has 0 heterocycles. The smallest absolute Gasteiger partial charge is 0.258 e. The summed E-state index contributed by atoms with van der Waals surface area (Å²) in [5, 5.41) is 9.92. The molecule has 1 unspecified atom stereocenters. The van der Waals surface area contributed by atoms with Crippen LogP contribution in [-0.4, -0.2) is 25.5 Å². The average molecular weight is 474 g/mol. The number of rotatable bonds is 7. The zero-order valence-corrected chi connectivity index (χ0v) is 18.5. The maximum atomic E-state index is 13.8. The fraction of sp³-hybridized carbons (Fsp3) is 0.0909. The van der Waals surface area contributed by atoms with Gasteiger partial charge < -0.3 is 10.6 Å². The lowest BCUT2D eigenvalue weighted by molar-refractivity contribution is -0.115. The van der Waals surface area contributed by atoms with E-state index in [0.717, 1.165) is 4.90 Å². The predicted octanol–water partition coefficient (Wildman–Crippen LogP) is 3.84. The lowest BCUT2D eigenvalue weighted by Gasteiger charge is -2.13. The highest BCUT2D eigenvalue weighted by Crippen LogP contribution is 2.27. The van der Waals surface area contributed by atoms with Crippen molar-refractivity contribution in [3.8, 4) is 0 Å². The van der Waals surface area contributed by atoms with E-state index in [2.05, 4.69) is 10.6 Å². The Hall–Kier alpha value is -3.21. The van der Waals surface area contributed by atoms with Gasteiger partial charge in [-0.3, -0.25) is 9.59 Å². The standard InChI is InChI=1S/C22H20FN3O4S2/c1-14(21(27)25-15-9-11-18(12-10-15)32(24,29)30)31-17-6-4-5-16(13-17)26-22(28)19-7-2-3-8-20(19)23/h2-14H,1H3,(H,25,27)(H,26,28)(H2,24,29,30). The molecule has 0 aromatic heterocycles. The van der Waals surface area contributed by atoms with Crippen molar-refractivity contribution in [1.29, 1.82) is 0 Å². The summed E-state index contributed by atoms with van der Waals surface area (Å²) in [7, 11) is -3.81. The van der Waals surface area contributed by atoms with Gasteiger partial charge >= 0.3 is 0 Å². The molecule has 0 radical (unpaired) electrons. The summed E-state index contributed by atoms with van der Waals surface area (Å²) >= 11 is 1.27. The second kappa shape index (κ2) is 9.94. The van der Waals surface area contributed by atoms with Crippen molar-refractivity contribution >= 4 is 45.0 Å². The number of hydrogen-bond acceptors (Lipinski definition) is 5. The number of thioether (sulfide) groups is 1. The van der Waals surface area contributed by atoms with Crippen molar-refractivity contribution < 1.29 is 22.4 Å². The summed E-state index contributed by atoms with van der Waals surface area (Å²) < 4.78 is 36.4. The molecule has 4 N–H and O–H groups in total. The quantitative estimate of drug-likeness (QED) is 0.451. The van der Waals surface area contributed by atoms with E-state index in [-0.39, 0.29) is 16.4 Å². The van der Waals surface area contributed by atoms with Gasteiger partial charge in [0.15, 0.2) is 0 Å². The second-order valence-corrected chi connectivity index (χ2v) is 9.76. The number of halogens is 1. The highest BCUT2D eigenvalue weighted by Gasteiger charge is 2.16. The number of amides is 2. The van der Waals surface area contributed by atoms with Gasteiger partial charge in [0.1, 0.15) is 5.82 Å². The molecule has 0 aliphatic heterocycles. The molecule has 0 saturated heterocycles. The molecule has 0 saturated carbocycles. The molecule has 10 heteroatoms. The lowest BCUT2D eigenvalue weighted by Crippen LogP contribution is -2.22. The van der Waals surface area contributed by atoms with Crippen molar-refractivity contribution in [1.82, 2.24) is 0 Å². The van der Waals surface area contributed by atoms with E-state index in [1.807, 2.05) is 0 Å². The van der Waals surface area contributed by atoms with Crippen LogP contribution in [0.1, 0.15) is 17.3 Å². The number of sulfonamides is 1. The maximum absolute atomic E-state index is 13.8. The first-order chi connectivity index (χ1) is 15.1. The Bertz CT molecular complexity index is 1250. The Labute approximate surface area is 189 Å². The molecule has 166 valence electrons. The third-order valence-corrected chi connectivity index (χ3v) is 6.37. The summed E-state index contributed by atoms with van der Waals surface area (Å²) in [6, 6.07) is 18.1. The minimum Gasteiger partial charge on any atom is -0.325 e. The van der Waals surface area contributed by atoms with Gasteiger partial charge in [-0.05, 0) is 61.5 Å². The molecule has 0 aliphatic carbocycles. The zero-order valence-electron chi connectivity index (χ0n) is 16.9. The van der Waals surface area contributed by atoms with Crippen LogP contribution in [0, 0.1) is 5.82 Å². The molecule has 2 amide bonds. The molecule has 0 fully saturated rings. The number of anilines is 2. The molecule has 0 bridgehead atoms. The Morgan fingerprint density at radius 3 is 2.28 bits per heavy atom. The third-order valence-electron chi connectivity index (χ3n) is 4.34. The highest BCUT2D eigenvalue weighted by atomic mass is 32.2. The number of primary sulfonamides is 1. The Kier molecular flexibility index (Phi) is 7.29. The summed E-state index contributed by atoms with van der Waals surface area (Å²) in [6.45, 7) is 1.71. The van der Waals surface area contributed by atoms with Gasteiger partial charge in [-0.15, -0.1) is 11.8 Å². The molecular formula is C22H20FN3O4S2. The van der Waals surface area contributed by atoms with Gasteiger partial charge in [-0.2, -0.15) is 0 Å². The van der Waals surface area contributed by atoms with Crippen LogP contribution in [0.25, 0.3) is 0 Å². The van der Waals surface area contributed by atoms with Gasteiger partial charge in [0.25, 0.3) is 5.91 Å². The van der Waals surface area contributed by atoms with Gasteiger partial charge in [-0.25, -0.2) is 17.9 Å². The molecule has 0 spiro atoms. The normalized spacial score (nSPS) is 12.1. The van der Waals surface area contributed by atoms with Gasteiger partial charge in [0, 0.05) is 16.3 Å². The number of benzene rings is 3. The topological polar surface area (TPSA) is 118 Å². The predicted molar refractivity (Wildman–Crippen MR) is 123 cm³/mol. The van der Waals surface area contributed by atoms with Gasteiger partial charge in [0.05, 0.1) is 15.7 Å². The summed E-state index contributed by atoms with van der Waals surface area (Å²) in [4.78, 5) is 25.5. The fourth-order valence-corrected chi connectivity index (χ4v) is 4.16. The van der Waals surface area contributed by atoms with E-state index in [9.17, 15) is 22.4 Å². The van der Waals surface area contributed by atoms with E-state index >= 15 is 0 Å². The largest absolute Gasteiger partial charge is 0.325 e. The van der Waals surface area contributed by atoms with E-state index in [4.69, 9.17) is 5.14 Å². The van der Waals surface area contributed by atoms with Crippen LogP contribution in [-0.2, 0) is 14.8 Å². The SMILES string of the molecule is CC(Sc1cccc(NC(=O)c2ccccc2F)c1)C(=O)Nc1ccc(S(N)(=O)=O)cc1. The molecule has 3 rings (SSSR count). The molecule has 1 atom stereocenters. The Morgan fingerprint density at radius 1 is 0.938 bits per heavy atom. The number of nitrogens with two attached hydrogens (primary N) is 1. The first kappa shape index (κ1) is 23.5. The van der Waals surface area contributed by atoms with Crippen LogP contribution in [0.3, 0.4) is 0 Å². The molecule has 3 aromatic rings. The van der Waals surface area contributed by atoms with Crippen LogP contribution >= 0.6 is 11.8 Å². The number of hydrogen-bond donors (Lipinski definition) is 3. The van der Waals surface area contributed by atoms with Crippen molar-refractivity contribution in [2.45, 2.75) is 22.0 Å². The zero-order chi connectivity index (χ0) is 23.3. The minimum absolute atomic E-state index is 0.0489. The van der Waals surface area contributed by atoms with Crippen molar-refractivity contribution in [3.63, 3.8) is 0 Å². The summed E-state index contributed by atoms with van der Waals surface area (Å²) in [5.74, 6) is -1.48. The first-order valence-corrected chi connectivity index (χ1v) is 11.8. The average Bonchev–Trinajstić information content (AvgIpc) is 2.74. The van der Waals surface area contributed by atoms with Crippen molar-refractivity contribution in [2.24, 2.45) is 5.14 Å². The third kappa shape index (κ3) is 6.16. The van der Waals surface area contributed by atoms with E-state index in [0.29, 0.717) is 11.4 Å². The Balaban J connectivity index is 1.62. The monoisotopic (exact) mass is 473 g/mol. The molecule has 7 nitrogen and oxygen atoms in total. The number of carbonyl (C=O) groups is 2. The number of carbonyl (C=O) groups excluding carboxylic acids is 2. The second-order valence-electron chi connectivity index (χ2n) is 6.78. The lowest BCUT2D eigenvalue weighted by atomic mass is 10.2. The highest BCUT2D eigenvalue weighted by molar-refractivity contribution is 8.00. The summed E-state index contributed by atoms with van der Waals surface area (Å²) in [5.41, 5.74) is 0.835. The van der Waals surface area contributed by atoms with Crippen molar-refractivity contribution in [2.75, 3.05) is 10.6 Å². The van der Waals surface area contributed by atoms with Gasteiger partial charge in [0.2, 0.25) is 15.9 Å². The maximum Gasteiger partial charge on any atom is 0.258 e. The summed E-state index contributed by atoms with van der Waals surface area (Å²) in [6.07, 6.45) is 0. The van der Waals surface area contributed by atoms with Crippen LogP contribution in [0.4, 0.5) is 15.8 Å². The minimum atomic E-state index is -3.81. The number of nitrogens with one attached hydrogen (secondary N) is 2. The molecule has 0 aliphatic rings. The van der Waals surface area contributed by atoms with Crippen LogP contribution in [0.5, 0.6) is 0 Å². The van der Waals surface area contributed by atoms with Crippen LogP contribution < -0.4 is 15.8 Å². The fourth-order valence-electron chi connectivity index (χ4n) is 2.72. The molecular weight excluding hydrogens is 453 g/mol. The first-order valence-electron chi connectivity index (χ1n) is 9.40. The molecule has 3 aromatic carbocycles. The van der Waals surface area contributed by atoms with Crippen LogP contribution in [0.15, 0.2) is 82.6 Å². The van der Waals surface area contributed by atoms with E-state index < -0.39 is 27.0 Å². The van der Waals surface area contributed by atoms with Crippen molar-refractivity contribution in [3.05, 3.63) is 84.2 Å². The Morgan fingerprint density at radius 2 is 1.62 bits per heavy atom.